The molecule has 4 aromatic rings. The minimum atomic E-state index is 0.633. The lowest BCUT2D eigenvalue weighted by Crippen LogP contribution is -1.98. The van der Waals surface area contributed by atoms with Crippen molar-refractivity contribution in [2.24, 2.45) is 5.10 Å². The van der Waals surface area contributed by atoms with Crippen molar-refractivity contribution in [1.29, 1.82) is 0 Å². The molecule has 0 aliphatic carbocycles. The number of ether oxygens (including phenoxy) is 1. The van der Waals surface area contributed by atoms with Crippen LogP contribution in [0.3, 0.4) is 0 Å². The summed E-state index contributed by atoms with van der Waals surface area (Å²) in [6, 6.07) is 18.2. The molecule has 0 atom stereocenters. The zero-order chi connectivity index (χ0) is 19.3. The Labute approximate surface area is 164 Å². The third-order valence-corrected chi connectivity index (χ3v) is 4.56. The van der Waals surface area contributed by atoms with E-state index in [4.69, 9.17) is 4.74 Å². The maximum absolute atomic E-state index is 5.60. The molecule has 0 unspecified atom stereocenters. The molecule has 0 amide bonds. The molecule has 5 nitrogen and oxygen atoms in total. The number of nitrogens with zero attached hydrogens (tertiary/aromatic N) is 3. The van der Waals surface area contributed by atoms with Crippen molar-refractivity contribution in [1.82, 2.24) is 9.97 Å². The molecule has 140 valence electrons. The van der Waals surface area contributed by atoms with Gasteiger partial charge in [-0.15, -0.1) is 0 Å². The Bertz CT molecular complexity index is 1150. The van der Waals surface area contributed by atoms with Crippen LogP contribution in [0, 0.1) is 0 Å². The van der Waals surface area contributed by atoms with Crippen LogP contribution in [0.5, 0.6) is 5.75 Å². The van der Waals surface area contributed by atoms with Gasteiger partial charge in [0.1, 0.15) is 11.6 Å². The summed E-state index contributed by atoms with van der Waals surface area (Å²) >= 11 is 0. The molecule has 2 heterocycles. The molecular formula is C23H22N4O. The highest BCUT2D eigenvalue weighted by Crippen LogP contribution is 2.25. The number of benzene rings is 2. The number of nitrogens with one attached hydrogen (secondary N) is 1. The van der Waals surface area contributed by atoms with E-state index >= 15 is 0 Å². The molecule has 2 aromatic carbocycles. The van der Waals surface area contributed by atoms with Gasteiger partial charge in [-0.25, -0.2) is 4.98 Å². The molecule has 2 aromatic heterocycles. The van der Waals surface area contributed by atoms with Crippen LogP contribution in [0.1, 0.15) is 25.0 Å². The van der Waals surface area contributed by atoms with Crippen LogP contribution in [-0.4, -0.2) is 22.8 Å². The van der Waals surface area contributed by atoms with Crippen molar-refractivity contribution in [3.05, 3.63) is 71.9 Å². The summed E-state index contributed by atoms with van der Waals surface area (Å²) < 4.78 is 5.60. The van der Waals surface area contributed by atoms with E-state index in [1.807, 2.05) is 55.6 Å². The average molecular weight is 370 g/mol. The first-order valence-corrected chi connectivity index (χ1v) is 9.47. The SMILES string of the molecule is CCOc1ccc2c(CC)cc(N/N=C/c3cnc4ccccc4c3)nc2c1. The Balaban J connectivity index is 1.59. The monoisotopic (exact) mass is 370 g/mol. The lowest BCUT2D eigenvalue weighted by Gasteiger charge is -2.10. The average Bonchev–Trinajstić information content (AvgIpc) is 2.73. The number of aryl methyl sites for hydroxylation is 1. The predicted molar refractivity (Wildman–Crippen MR) is 115 cm³/mol. The summed E-state index contributed by atoms with van der Waals surface area (Å²) in [5.74, 6) is 1.54. The van der Waals surface area contributed by atoms with Crippen molar-refractivity contribution in [3.63, 3.8) is 0 Å². The Morgan fingerprint density at radius 2 is 1.93 bits per heavy atom. The number of hydrogen-bond acceptors (Lipinski definition) is 5. The highest BCUT2D eigenvalue weighted by atomic mass is 16.5. The molecular weight excluding hydrogens is 348 g/mol. The van der Waals surface area contributed by atoms with Gasteiger partial charge in [0, 0.05) is 28.6 Å². The van der Waals surface area contributed by atoms with Crippen LogP contribution in [0.25, 0.3) is 21.8 Å². The molecule has 0 bridgehead atoms. The number of pyridine rings is 2. The largest absolute Gasteiger partial charge is 0.494 e. The minimum Gasteiger partial charge on any atom is -0.494 e. The van der Waals surface area contributed by atoms with Crippen LogP contribution in [-0.2, 0) is 6.42 Å². The van der Waals surface area contributed by atoms with E-state index < -0.39 is 0 Å². The van der Waals surface area contributed by atoms with Gasteiger partial charge < -0.3 is 4.74 Å². The zero-order valence-electron chi connectivity index (χ0n) is 16.0. The van der Waals surface area contributed by atoms with E-state index in [9.17, 15) is 0 Å². The molecule has 1 N–H and O–H groups in total. The molecule has 0 radical (unpaired) electrons. The summed E-state index contributed by atoms with van der Waals surface area (Å²) in [5.41, 5.74) is 7.07. The van der Waals surface area contributed by atoms with E-state index in [-0.39, 0.29) is 0 Å². The topological polar surface area (TPSA) is 59.4 Å². The molecule has 0 spiro atoms. The number of fused-ring (bicyclic) bond motifs is 2. The highest BCUT2D eigenvalue weighted by Gasteiger charge is 2.06. The third-order valence-electron chi connectivity index (χ3n) is 4.56. The van der Waals surface area contributed by atoms with Crippen molar-refractivity contribution in [2.45, 2.75) is 20.3 Å². The quantitative estimate of drug-likeness (QED) is 0.375. The van der Waals surface area contributed by atoms with Crippen molar-refractivity contribution in [3.8, 4) is 5.75 Å². The first kappa shape index (κ1) is 17.9. The zero-order valence-corrected chi connectivity index (χ0v) is 16.0. The van der Waals surface area contributed by atoms with Gasteiger partial charge in [0.25, 0.3) is 0 Å². The normalized spacial score (nSPS) is 11.4. The number of aromatic nitrogens is 2. The van der Waals surface area contributed by atoms with Crippen LogP contribution < -0.4 is 10.2 Å². The van der Waals surface area contributed by atoms with Crippen LogP contribution >= 0.6 is 0 Å². The number of hydrogen-bond donors (Lipinski definition) is 1. The smallest absolute Gasteiger partial charge is 0.147 e. The summed E-state index contributed by atoms with van der Waals surface area (Å²) in [6.45, 7) is 4.75. The second-order valence-electron chi connectivity index (χ2n) is 6.46. The maximum Gasteiger partial charge on any atom is 0.147 e. The summed E-state index contributed by atoms with van der Waals surface area (Å²) in [6.07, 6.45) is 4.49. The summed E-state index contributed by atoms with van der Waals surface area (Å²) in [5, 5.41) is 6.58. The second-order valence-corrected chi connectivity index (χ2v) is 6.46. The Hall–Kier alpha value is -3.47. The van der Waals surface area contributed by atoms with E-state index in [0.717, 1.165) is 39.5 Å². The number of rotatable bonds is 6. The fraction of sp³-hybridized carbons (Fsp3) is 0.174. The Kier molecular flexibility index (Phi) is 5.15. The lowest BCUT2D eigenvalue weighted by atomic mass is 10.1. The number of para-hydroxylation sites is 1. The maximum atomic E-state index is 5.60. The molecule has 0 saturated heterocycles. The van der Waals surface area contributed by atoms with Gasteiger partial charge in [0.15, 0.2) is 0 Å². The van der Waals surface area contributed by atoms with Crippen molar-refractivity contribution in [2.75, 3.05) is 12.0 Å². The van der Waals surface area contributed by atoms with Gasteiger partial charge in [0.2, 0.25) is 0 Å². The fourth-order valence-corrected chi connectivity index (χ4v) is 3.22. The fourth-order valence-electron chi connectivity index (χ4n) is 3.22. The third kappa shape index (κ3) is 3.78. The van der Waals surface area contributed by atoms with Gasteiger partial charge >= 0.3 is 0 Å². The van der Waals surface area contributed by atoms with Crippen LogP contribution in [0.2, 0.25) is 0 Å². The van der Waals surface area contributed by atoms with E-state index in [1.165, 1.54) is 5.56 Å². The van der Waals surface area contributed by atoms with E-state index in [0.29, 0.717) is 12.4 Å². The minimum absolute atomic E-state index is 0.633. The molecule has 0 fully saturated rings. The molecule has 0 aliphatic heterocycles. The second kappa shape index (κ2) is 8.05. The predicted octanol–water partition coefficient (Wildman–Crippen LogP) is 5.19. The first-order chi connectivity index (χ1) is 13.8. The molecule has 0 saturated carbocycles. The first-order valence-electron chi connectivity index (χ1n) is 9.47. The van der Waals surface area contributed by atoms with Crippen LogP contribution in [0.4, 0.5) is 5.82 Å². The van der Waals surface area contributed by atoms with Gasteiger partial charge in [-0.1, -0.05) is 25.1 Å². The molecule has 5 heteroatoms. The van der Waals surface area contributed by atoms with E-state index in [2.05, 4.69) is 39.6 Å². The highest BCUT2D eigenvalue weighted by molar-refractivity contribution is 5.88. The summed E-state index contributed by atoms with van der Waals surface area (Å²) in [4.78, 5) is 9.14. The Morgan fingerprint density at radius 3 is 2.79 bits per heavy atom. The lowest BCUT2D eigenvalue weighted by molar-refractivity contribution is 0.340. The van der Waals surface area contributed by atoms with Gasteiger partial charge in [0.05, 0.1) is 23.9 Å². The van der Waals surface area contributed by atoms with Crippen molar-refractivity contribution >= 4 is 33.8 Å². The molecule has 28 heavy (non-hydrogen) atoms. The molecule has 0 aliphatic rings. The standard InChI is InChI=1S/C23H22N4O/c1-3-17-12-23(26-22-13-19(28-4-2)9-10-20(17)22)27-25-15-16-11-18-7-5-6-8-21(18)24-14-16/h5-15H,3-4H2,1-2H3,(H,26,27)/b25-15+. The van der Waals surface area contributed by atoms with Crippen molar-refractivity contribution < 1.29 is 4.74 Å². The number of hydrazone groups is 1. The van der Waals surface area contributed by atoms with Gasteiger partial charge in [-0.05, 0) is 49.2 Å². The summed E-state index contributed by atoms with van der Waals surface area (Å²) in [7, 11) is 0. The van der Waals surface area contributed by atoms with E-state index in [1.54, 1.807) is 6.21 Å². The van der Waals surface area contributed by atoms with Crippen LogP contribution in [0.15, 0.2) is 65.9 Å². The Morgan fingerprint density at radius 1 is 1.04 bits per heavy atom. The van der Waals surface area contributed by atoms with Gasteiger partial charge in [-0.3, -0.25) is 10.4 Å². The number of anilines is 1. The van der Waals surface area contributed by atoms with Gasteiger partial charge in [-0.2, -0.15) is 5.10 Å². The molecule has 4 rings (SSSR count).